The summed E-state index contributed by atoms with van der Waals surface area (Å²) in [4.78, 5) is 14.7. The van der Waals surface area contributed by atoms with Crippen LogP contribution in [0.3, 0.4) is 0 Å². The third kappa shape index (κ3) is 4.20. The minimum Gasteiger partial charge on any atom is -0.493 e. The molecule has 138 valence electrons. The van der Waals surface area contributed by atoms with Crippen molar-refractivity contribution in [2.75, 3.05) is 21.3 Å². The van der Waals surface area contributed by atoms with Gasteiger partial charge < -0.3 is 14.4 Å². The van der Waals surface area contributed by atoms with Gasteiger partial charge >= 0.3 is 0 Å². The lowest BCUT2D eigenvalue weighted by Gasteiger charge is -2.26. The van der Waals surface area contributed by atoms with Crippen molar-refractivity contribution in [1.29, 1.82) is 0 Å². The van der Waals surface area contributed by atoms with Crippen molar-refractivity contribution in [2.45, 2.75) is 19.4 Å². The first kappa shape index (κ1) is 19.9. The van der Waals surface area contributed by atoms with Gasteiger partial charge in [-0.2, -0.15) is 0 Å². The largest absolute Gasteiger partial charge is 0.493 e. The SMILES string of the molecule is C=CCc1cc(C(=O)N(C)C(C)c2ccc(Cl)cc2)cc(OC)c1OC. The minimum absolute atomic E-state index is 0.0984. The lowest BCUT2D eigenvalue weighted by Crippen LogP contribution is -2.29. The van der Waals surface area contributed by atoms with Crippen molar-refractivity contribution in [3.8, 4) is 11.5 Å². The molecule has 0 bridgehead atoms. The van der Waals surface area contributed by atoms with Gasteiger partial charge in [0.05, 0.1) is 20.3 Å². The number of carbonyl (C=O) groups is 1. The Morgan fingerprint density at radius 3 is 2.42 bits per heavy atom. The average molecular weight is 374 g/mol. The average Bonchev–Trinajstić information content (AvgIpc) is 2.66. The molecule has 2 rings (SSSR count). The van der Waals surface area contributed by atoms with Gasteiger partial charge in [-0.05, 0) is 43.2 Å². The summed E-state index contributed by atoms with van der Waals surface area (Å²) in [5.74, 6) is 1.05. The highest BCUT2D eigenvalue weighted by molar-refractivity contribution is 6.30. The summed E-state index contributed by atoms with van der Waals surface area (Å²) in [6, 6.07) is 10.9. The zero-order chi connectivity index (χ0) is 19.3. The van der Waals surface area contributed by atoms with Gasteiger partial charge in [0.25, 0.3) is 5.91 Å². The summed E-state index contributed by atoms with van der Waals surface area (Å²) >= 11 is 5.95. The number of halogens is 1. The van der Waals surface area contributed by atoms with Gasteiger partial charge in [-0.15, -0.1) is 6.58 Å². The maximum atomic E-state index is 13.0. The second-order valence-corrected chi connectivity index (χ2v) is 6.44. The highest BCUT2D eigenvalue weighted by Gasteiger charge is 2.22. The zero-order valence-corrected chi connectivity index (χ0v) is 16.3. The molecule has 0 saturated heterocycles. The molecular weight excluding hydrogens is 350 g/mol. The Hall–Kier alpha value is -2.46. The summed E-state index contributed by atoms with van der Waals surface area (Å²) in [5, 5.41) is 0.670. The first-order valence-electron chi connectivity index (χ1n) is 8.31. The predicted molar refractivity (Wildman–Crippen MR) is 105 cm³/mol. The maximum absolute atomic E-state index is 13.0. The van der Waals surface area contributed by atoms with Gasteiger partial charge in [0.15, 0.2) is 11.5 Å². The van der Waals surface area contributed by atoms with Crippen LogP contribution in [0.4, 0.5) is 0 Å². The number of carbonyl (C=O) groups excluding carboxylic acids is 1. The first-order valence-corrected chi connectivity index (χ1v) is 8.69. The molecule has 26 heavy (non-hydrogen) atoms. The Morgan fingerprint density at radius 2 is 1.88 bits per heavy atom. The molecule has 0 N–H and O–H groups in total. The van der Waals surface area contributed by atoms with Crippen LogP contribution in [-0.4, -0.2) is 32.1 Å². The van der Waals surface area contributed by atoms with Gasteiger partial charge in [-0.3, -0.25) is 4.79 Å². The zero-order valence-electron chi connectivity index (χ0n) is 15.6. The van der Waals surface area contributed by atoms with Crippen LogP contribution in [-0.2, 0) is 6.42 Å². The Labute approximate surface area is 160 Å². The highest BCUT2D eigenvalue weighted by atomic mass is 35.5. The molecular formula is C21H24ClNO3. The van der Waals surface area contributed by atoms with Gasteiger partial charge in [0.1, 0.15) is 0 Å². The molecule has 1 atom stereocenters. The Balaban J connectivity index is 2.36. The number of nitrogens with zero attached hydrogens (tertiary/aromatic N) is 1. The van der Waals surface area contributed by atoms with Crippen LogP contribution in [0.2, 0.25) is 5.02 Å². The molecule has 0 spiro atoms. The smallest absolute Gasteiger partial charge is 0.254 e. The van der Waals surface area contributed by atoms with E-state index >= 15 is 0 Å². The predicted octanol–water partition coefficient (Wildman–Crippen LogP) is 4.92. The van der Waals surface area contributed by atoms with E-state index in [1.54, 1.807) is 38.3 Å². The molecule has 0 aromatic heterocycles. The second-order valence-electron chi connectivity index (χ2n) is 6.01. The number of rotatable bonds is 7. The third-order valence-corrected chi connectivity index (χ3v) is 4.67. The minimum atomic E-state index is -0.101. The quantitative estimate of drug-likeness (QED) is 0.646. The van der Waals surface area contributed by atoms with E-state index in [1.165, 1.54) is 0 Å². The molecule has 2 aromatic rings. The molecule has 0 saturated carbocycles. The molecule has 0 aliphatic carbocycles. The van der Waals surface area contributed by atoms with Crippen molar-refractivity contribution in [3.63, 3.8) is 0 Å². The molecule has 4 nitrogen and oxygen atoms in total. The van der Waals surface area contributed by atoms with Crippen LogP contribution in [0, 0.1) is 0 Å². The fraction of sp³-hybridized carbons (Fsp3) is 0.286. The molecule has 1 amide bonds. The fourth-order valence-corrected chi connectivity index (χ4v) is 2.94. The second kappa shape index (κ2) is 8.77. The molecule has 0 aliphatic heterocycles. The lowest BCUT2D eigenvalue weighted by molar-refractivity contribution is 0.0742. The van der Waals surface area contributed by atoms with Gasteiger partial charge in [0, 0.05) is 23.2 Å². The Kier molecular flexibility index (Phi) is 6.70. The number of allylic oxidation sites excluding steroid dienone is 1. The van der Waals surface area contributed by atoms with E-state index in [4.69, 9.17) is 21.1 Å². The van der Waals surface area contributed by atoms with Crippen molar-refractivity contribution < 1.29 is 14.3 Å². The van der Waals surface area contributed by atoms with E-state index < -0.39 is 0 Å². The summed E-state index contributed by atoms with van der Waals surface area (Å²) < 4.78 is 10.8. The molecule has 0 fully saturated rings. The van der Waals surface area contributed by atoms with E-state index in [-0.39, 0.29) is 11.9 Å². The van der Waals surface area contributed by atoms with Crippen molar-refractivity contribution >= 4 is 17.5 Å². The maximum Gasteiger partial charge on any atom is 0.254 e. The molecule has 0 radical (unpaired) electrons. The first-order chi connectivity index (χ1) is 12.4. The van der Waals surface area contributed by atoms with Gasteiger partial charge in [-0.1, -0.05) is 29.8 Å². The third-order valence-electron chi connectivity index (χ3n) is 4.42. The summed E-state index contributed by atoms with van der Waals surface area (Å²) in [5.41, 5.74) is 2.41. The number of benzene rings is 2. The molecule has 5 heteroatoms. The van der Waals surface area contributed by atoms with E-state index in [9.17, 15) is 4.79 Å². The number of methoxy groups -OCH3 is 2. The normalized spacial score (nSPS) is 11.6. The van der Waals surface area contributed by atoms with Crippen LogP contribution in [0.15, 0.2) is 49.1 Å². The molecule has 1 unspecified atom stereocenters. The number of amides is 1. The van der Waals surface area contributed by atoms with Crippen LogP contribution >= 0.6 is 11.6 Å². The summed E-state index contributed by atoms with van der Waals surface area (Å²) in [6.45, 7) is 5.75. The molecule has 2 aromatic carbocycles. The van der Waals surface area contributed by atoms with Crippen LogP contribution in [0.5, 0.6) is 11.5 Å². The van der Waals surface area contributed by atoms with Gasteiger partial charge in [0.2, 0.25) is 0 Å². The van der Waals surface area contributed by atoms with Gasteiger partial charge in [-0.25, -0.2) is 0 Å². The molecule has 0 aliphatic rings. The fourth-order valence-electron chi connectivity index (χ4n) is 2.82. The van der Waals surface area contributed by atoms with Crippen LogP contribution in [0.1, 0.15) is 34.5 Å². The monoisotopic (exact) mass is 373 g/mol. The Bertz CT molecular complexity index is 787. The number of hydrogen-bond acceptors (Lipinski definition) is 3. The standard InChI is InChI=1S/C21H24ClNO3/c1-6-7-16-12-17(13-19(25-4)20(16)26-5)21(24)23(3)14(2)15-8-10-18(22)11-9-15/h6,8-14H,1,7H2,2-5H3. The molecule has 0 heterocycles. The Morgan fingerprint density at radius 1 is 1.23 bits per heavy atom. The highest BCUT2D eigenvalue weighted by Crippen LogP contribution is 2.34. The van der Waals surface area contributed by atoms with Crippen molar-refractivity contribution in [2.24, 2.45) is 0 Å². The summed E-state index contributed by atoms with van der Waals surface area (Å²) in [6.07, 6.45) is 2.35. The van der Waals surface area contributed by atoms with E-state index in [2.05, 4.69) is 6.58 Å². The van der Waals surface area contributed by atoms with Crippen LogP contribution in [0.25, 0.3) is 0 Å². The van der Waals surface area contributed by atoms with Crippen molar-refractivity contribution in [1.82, 2.24) is 4.90 Å². The van der Waals surface area contributed by atoms with Crippen molar-refractivity contribution in [3.05, 3.63) is 70.8 Å². The number of hydrogen-bond donors (Lipinski definition) is 0. The topological polar surface area (TPSA) is 38.8 Å². The summed E-state index contributed by atoms with van der Waals surface area (Å²) in [7, 11) is 4.93. The number of ether oxygens (including phenoxy) is 2. The lowest BCUT2D eigenvalue weighted by atomic mass is 10.0. The van der Waals surface area contributed by atoms with Crippen LogP contribution < -0.4 is 9.47 Å². The van der Waals surface area contributed by atoms with E-state index in [0.29, 0.717) is 28.5 Å². The van der Waals surface area contributed by atoms with E-state index in [1.807, 2.05) is 37.3 Å². The van der Waals surface area contributed by atoms with E-state index in [0.717, 1.165) is 11.1 Å².